The fraction of sp³-hybridized carbons (Fsp3) is 0.353. The van der Waals surface area contributed by atoms with E-state index in [9.17, 15) is 14.3 Å². The third kappa shape index (κ3) is 3.36. The van der Waals surface area contributed by atoms with Crippen molar-refractivity contribution in [2.24, 2.45) is 0 Å². The van der Waals surface area contributed by atoms with Gasteiger partial charge in [0.2, 0.25) is 0 Å². The second-order valence-corrected chi connectivity index (χ2v) is 5.47. The first-order chi connectivity index (χ1) is 10.4. The molecule has 0 saturated carbocycles. The Hall–Kier alpha value is -2.14. The van der Waals surface area contributed by atoms with Crippen molar-refractivity contribution in [2.45, 2.75) is 33.3 Å². The topological polar surface area (TPSA) is 54.3 Å². The number of aryl methyl sites for hydroxylation is 1. The Bertz CT molecular complexity index is 677. The van der Waals surface area contributed by atoms with Gasteiger partial charge in [0.25, 0.3) is 5.91 Å². The van der Waals surface area contributed by atoms with Gasteiger partial charge in [0.15, 0.2) is 0 Å². The fourth-order valence-electron chi connectivity index (χ4n) is 2.49. The molecule has 0 radical (unpaired) electrons. The molecule has 22 heavy (non-hydrogen) atoms. The molecule has 0 spiro atoms. The number of para-hydroxylation sites is 1. The zero-order chi connectivity index (χ0) is 16.3. The summed E-state index contributed by atoms with van der Waals surface area (Å²) in [6.45, 7) is 5.71. The van der Waals surface area contributed by atoms with Crippen LogP contribution in [0.15, 0.2) is 30.3 Å². The molecule has 1 amide bonds. The van der Waals surface area contributed by atoms with Gasteiger partial charge in [-0.15, -0.1) is 0 Å². The molecule has 1 aromatic heterocycles. The molecule has 0 fully saturated rings. The van der Waals surface area contributed by atoms with E-state index in [4.69, 9.17) is 0 Å². The zero-order valence-corrected chi connectivity index (χ0v) is 13.1. The van der Waals surface area contributed by atoms with Crippen LogP contribution in [-0.4, -0.2) is 28.2 Å². The van der Waals surface area contributed by atoms with Crippen molar-refractivity contribution in [1.82, 2.24) is 9.88 Å². The Morgan fingerprint density at radius 2 is 2.05 bits per heavy atom. The van der Waals surface area contributed by atoms with E-state index in [1.165, 1.54) is 6.07 Å². The number of aliphatic hydroxyl groups excluding tert-OH is 1. The Morgan fingerprint density at radius 3 is 2.68 bits per heavy atom. The number of carbonyl (C=O) groups is 1. The van der Waals surface area contributed by atoms with E-state index in [0.29, 0.717) is 29.9 Å². The van der Waals surface area contributed by atoms with Crippen LogP contribution in [0.25, 0.3) is 5.69 Å². The molecule has 0 aliphatic carbocycles. The van der Waals surface area contributed by atoms with Crippen LogP contribution in [0.1, 0.15) is 35.1 Å². The van der Waals surface area contributed by atoms with E-state index in [-0.39, 0.29) is 11.7 Å². The van der Waals surface area contributed by atoms with Gasteiger partial charge in [-0.25, -0.2) is 4.39 Å². The molecule has 2 rings (SSSR count). The minimum Gasteiger partial charge on any atom is -0.393 e. The molecule has 1 aromatic carbocycles. The van der Waals surface area contributed by atoms with E-state index in [1.807, 2.05) is 6.92 Å². The predicted molar refractivity (Wildman–Crippen MR) is 83.8 cm³/mol. The van der Waals surface area contributed by atoms with Gasteiger partial charge in [-0.05, 0) is 45.4 Å². The number of hydrogen-bond acceptors (Lipinski definition) is 2. The quantitative estimate of drug-likeness (QED) is 0.892. The number of nitrogens with zero attached hydrogens (tertiary/aromatic N) is 1. The molecule has 2 N–H and O–H groups in total. The first kappa shape index (κ1) is 16.2. The average Bonchev–Trinajstić information content (AvgIpc) is 2.74. The van der Waals surface area contributed by atoms with Crippen molar-refractivity contribution in [2.75, 3.05) is 6.54 Å². The predicted octanol–water partition coefficient (Wildman–Crippen LogP) is 2.73. The molecule has 0 aliphatic heterocycles. The lowest BCUT2D eigenvalue weighted by Crippen LogP contribution is -2.26. The molecular formula is C17H21FN2O2. The van der Waals surface area contributed by atoms with Gasteiger partial charge in [-0.1, -0.05) is 12.1 Å². The van der Waals surface area contributed by atoms with E-state index >= 15 is 0 Å². The van der Waals surface area contributed by atoms with Crippen LogP contribution < -0.4 is 5.32 Å². The molecule has 1 unspecified atom stereocenters. The van der Waals surface area contributed by atoms with Crippen LogP contribution in [0.2, 0.25) is 0 Å². The van der Waals surface area contributed by atoms with Crippen LogP contribution in [-0.2, 0) is 0 Å². The maximum absolute atomic E-state index is 14.0. The third-order valence-electron chi connectivity index (χ3n) is 3.62. The maximum atomic E-state index is 14.0. The number of nitrogens with one attached hydrogen (secondary N) is 1. The van der Waals surface area contributed by atoms with E-state index in [1.54, 1.807) is 42.7 Å². The second kappa shape index (κ2) is 6.75. The van der Waals surface area contributed by atoms with Crippen LogP contribution in [0.5, 0.6) is 0 Å². The molecule has 1 heterocycles. The van der Waals surface area contributed by atoms with Crippen LogP contribution in [0, 0.1) is 19.7 Å². The maximum Gasteiger partial charge on any atom is 0.253 e. The lowest BCUT2D eigenvalue weighted by Gasteiger charge is -2.11. The molecule has 5 heteroatoms. The van der Waals surface area contributed by atoms with Gasteiger partial charge in [0.1, 0.15) is 5.82 Å². The fourth-order valence-corrected chi connectivity index (χ4v) is 2.49. The smallest absolute Gasteiger partial charge is 0.253 e. The molecule has 118 valence electrons. The number of carbonyl (C=O) groups excluding carboxylic acids is 1. The van der Waals surface area contributed by atoms with Crippen LogP contribution in [0.4, 0.5) is 4.39 Å². The minimum atomic E-state index is -0.453. The number of aromatic nitrogens is 1. The number of halogens is 1. The van der Waals surface area contributed by atoms with Gasteiger partial charge in [0.05, 0.1) is 17.4 Å². The number of hydrogen-bond donors (Lipinski definition) is 2. The summed E-state index contributed by atoms with van der Waals surface area (Å²) in [5, 5.41) is 12.0. The summed E-state index contributed by atoms with van der Waals surface area (Å²) in [5.41, 5.74) is 2.44. The number of amides is 1. The van der Waals surface area contributed by atoms with Crippen LogP contribution in [0.3, 0.4) is 0 Å². The Balaban J connectivity index is 2.28. The highest BCUT2D eigenvalue weighted by molar-refractivity contribution is 5.95. The largest absolute Gasteiger partial charge is 0.393 e. The first-order valence-corrected chi connectivity index (χ1v) is 7.32. The number of rotatable bonds is 5. The monoisotopic (exact) mass is 304 g/mol. The van der Waals surface area contributed by atoms with Gasteiger partial charge < -0.3 is 15.0 Å². The molecule has 4 nitrogen and oxygen atoms in total. The molecule has 0 saturated heterocycles. The highest BCUT2D eigenvalue weighted by atomic mass is 19.1. The van der Waals surface area contributed by atoms with Crippen molar-refractivity contribution in [3.8, 4) is 5.69 Å². The summed E-state index contributed by atoms with van der Waals surface area (Å²) in [4.78, 5) is 12.2. The summed E-state index contributed by atoms with van der Waals surface area (Å²) in [6.07, 6.45) is 0.0452. The number of benzene rings is 1. The second-order valence-electron chi connectivity index (χ2n) is 5.47. The number of aliphatic hydroxyl groups is 1. The summed E-state index contributed by atoms with van der Waals surface area (Å²) in [6, 6.07) is 8.23. The third-order valence-corrected chi connectivity index (χ3v) is 3.62. The van der Waals surface area contributed by atoms with Crippen molar-refractivity contribution < 1.29 is 14.3 Å². The molecular weight excluding hydrogens is 283 g/mol. The summed E-state index contributed by atoms with van der Waals surface area (Å²) < 4.78 is 15.7. The normalized spacial score (nSPS) is 12.2. The van der Waals surface area contributed by atoms with Gasteiger partial charge in [0, 0.05) is 17.9 Å². The van der Waals surface area contributed by atoms with E-state index in [0.717, 1.165) is 5.69 Å². The Labute approximate surface area is 129 Å². The SMILES string of the molecule is Cc1cc(C(=O)NCCC(C)O)c(C)n1-c1ccccc1F. The van der Waals surface area contributed by atoms with Crippen molar-refractivity contribution in [3.05, 3.63) is 53.1 Å². The van der Waals surface area contributed by atoms with Crippen molar-refractivity contribution in [3.63, 3.8) is 0 Å². The van der Waals surface area contributed by atoms with Gasteiger partial charge in [-0.2, -0.15) is 0 Å². The van der Waals surface area contributed by atoms with Crippen molar-refractivity contribution in [1.29, 1.82) is 0 Å². The lowest BCUT2D eigenvalue weighted by molar-refractivity contribution is 0.0945. The zero-order valence-electron chi connectivity index (χ0n) is 13.1. The van der Waals surface area contributed by atoms with Gasteiger partial charge >= 0.3 is 0 Å². The Morgan fingerprint density at radius 1 is 1.36 bits per heavy atom. The van der Waals surface area contributed by atoms with E-state index < -0.39 is 6.10 Å². The highest BCUT2D eigenvalue weighted by Gasteiger charge is 2.18. The lowest BCUT2D eigenvalue weighted by atomic mass is 10.2. The standard InChI is InChI=1S/C17H21FN2O2/c1-11-10-14(17(22)19-9-8-12(2)21)13(3)20(11)16-7-5-4-6-15(16)18/h4-7,10,12,21H,8-9H2,1-3H3,(H,19,22). The molecule has 1 atom stereocenters. The molecule has 0 aliphatic rings. The summed E-state index contributed by atoms with van der Waals surface area (Å²) in [7, 11) is 0. The minimum absolute atomic E-state index is 0.212. The van der Waals surface area contributed by atoms with Gasteiger partial charge in [-0.3, -0.25) is 4.79 Å². The summed E-state index contributed by atoms with van der Waals surface area (Å²) in [5.74, 6) is -0.540. The average molecular weight is 304 g/mol. The van der Waals surface area contributed by atoms with Crippen LogP contribution >= 0.6 is 0 Å². The van der Waals surface area contributed by atoms with Crippen molar-refractivity contribution >= 4 is 5.91 Å². The first-order valence-electron chi connectivity index (χ1n) is 7.32. The molecule has 2 aromatic rings. The summed E-state index contributed by atoms with van der Waals surface area (Å²) >= 11 is 0. The highest BCUT2D eigenvalue weighted by Crippen LogP contribution is 2.22. The molecule has 0 bridgehead atoms. The van der Waals surface area contributed by atoms with E-state index in [2.05, 4.69) is 5.32 Å². The Kier molecular flexibility index (Phi) is 4.98.